The molecule has 0 radical (unpaired) electrons. The van der Waals surface area contributed by atoms with Gasteiger partial charge in [0.2, 0.25) is 0 Å². The van der Waals surface area contributed by atoms with E-state index in [1.807, 2.05) is 18.3 Å². The zero-order valence-electron chi connectivity index (χ0n) is 13.4. The van der Waals surface area contributed by atoms with Crippen molar-refractivity contribution in [3.05, 3.63) is 72.0 Å². The summed E-state index contributed by atoms with van der Waals surface area (Å²) in [5.41, 5.74) is 2.35. The number of rotatable bonds is 1. The second kappa shape index (κ2) is 6.28. The van der Waals surface area contributed by atoms with Gasteiger partial charge in [0.25, 0.3) is 5.82 Å². The molecule has 0 N–H and O–H groups in total. The number of halogens is 2. The van der Waals surface area contributed by atoms with E-state index in [4.69, 9.17) is 11.6 Å². The monoisotopic (exact) mass is 411 g/mol. The van der Waals surface area contributed by atoms with Crippen LogP contribution in [0, 0.1) is 0 Å². The first-order valence-electron chi connectivity index (χ1n) is 8.05. The van der Waals surface area contributed by atoms with E-state index in [9.17, 15) is 0 Å². The summed E-state index contributed by atoms with van der Waals surface area (Å²) in [6.07, 6.45) is 1.85. The maximum Gasteiger partial charge on any atom is 0.290 e. The van der Waals surface area contributed by atoms with Crippen LogP contribution in [0.5, 0.6) is 0 Å². The summed E-state index contributed by atoms with van der Waals surface area (Å²) in [5, 5.41) is 4.37. The molecule has 4 aromatic rings. The summed E-state index contributed by atoms with van der Waals surface area (Å²) in [6.45, 7) is 1.89. The average molecular weight is 413 g/mol. The lowest BCUT2D eigenvalue weighted by molar-refractivity contribution is -0.643. The molecule has 1 aliphatic rings. The van der Waals surface area contributed by atoms with Crippen LogP contribution in [0.1, 0.15) is 0 Å². The van der Waals surface area contributed by atoms with Crippen molar-refractivity contribution in [2.75, 3.05) is 11.4 Å². The third-order valence-corrected chi connectivity index (χ3v) is 4.96. The van der Waals surface area contributed by atoms with Gasteiger partial charge >= 0.3 is 0 Å². The number of pyridine rings is 2. The van der Waals surface area contributed by atoms with Crippen LogP contribution in [0.3, 0.4) is 0 Å². The molecule has 3 nitrogen and oxygen atoms in total. The zero-order chi connectivity index (χ0) is 16.1. The van der Waals surface area contributed by atoms with E-state index in [1.54, 1.807) is 0 Å². The fourth-order valence-corrected chi connectivity index (χ4v) is 3.82. The molecule has 3 heterocycles. The van der Waals surface area contributed by atoms with Gasteiger partial charge in [0.15, 0.2) is 0 Å². The lowest BCUT2D eigenvalue weighted by atomic mass is 10.1. The molecule has 5 heteroatoms. The van der Waals surface area contributed by atoms with Crippen molar-refractivity contribution in [2.45, 2.75) is 6.54 Å². The van der Waals surface area contributed by atoms with E-state index >= 15 is 0 Å². The Morgan fingerprint density at radius 2 is 1.60 bits per heavy atom. The van der Waals surface area contributed by atoms with Gasteiger partial charge in [0.05, 0.1) is 11.6 Å². The van der Waals surface area contributed by atoms with Gasteiger partial charge in [0, 0.05) is 10.8 Å². The van der Waals surface area contributed by atoms with Crippen LogP contribution in [0.4, 0.5) is 11.5 Å². The first-order chi connectivity index (χ1) is 11.8. The lowest BCUT2D eigenvalue weighted by Crippen LogP contribution is -3.00. The minimum absolute atomic E-state index is 0. The molecular formula is C20H15BrClN3. The standard InChI is InChI=1S/C20H15ClN3.BrH/c21-19-10-9-14(13-22-19)23-11-12-24-18-8-4-3-6-16(18)15-5-1-2-7-17(15)20(23)24;/h1-10,13H,11-12H2;1H/q+1;/p-1. The molecule has 124 valence electrons. The molecule has 1 aliphatic heterocycles. The summed E-state index contributed by atoms with van der Waals surface area (Å²) in [6, 6.07) is 21.1. The Morgan fingerprint density at radius 3 is 2.36 bits per heavy atom. The van der Waals surface area contributed by atoms with E-state index in [1.165, 1.54) is 27.5 Å². The predicted octanol–water partition coefficient (Wildman–Crippen LogP) is 1.48. The molecule has 2 aromatic heterocycles. The molecule has 0 fully saturated rings. The van der Waals surface area contributed by atoms with Gasteiger partial charge in [-0.25, -0.2) is 14.5 Å². The van der Waals surface area contributed by atoms with Crippen LogP contribution in [-0.4, -0.2) is 11.5 Å². The van der Waals surface area contributed by atoms with Crippen LogP contribution in [0.15, 0.2) is 66.9 Å². The Labute approximate surface area is 161 Å². The van der Waals surface area contributed by atoms with E-state index < -0.39 is 0 Å². The number of fused-ring (bicyclic) bond motifs is 6. The number of benzene rings is 2. The maximum absolute atomic E-state index is 5.96. The molecule has 0 amide bonds. The van der Waals surface area contributed by atoms with Crippen molar-refractivity contribution in [3.8, 4) is 0 Å². The Balaban J connectivity index is 0.00000157. The minimum atomic E-state index is 0. The van der Waals surface area contributed by atoms with E-state index in [-0.39, 0.29) is 17.0 Å². The van der Waals surface area contributed by atoms with Crippen LogP contribution in [0.2, 0.25) is 5.15 Å². The fourth-order valence-electron chi connectivity index (χ4n) is 3.71. The molecule has 0 unspecified atom stereocenters. The van der Waals surface area contributed by atoms with Gasteiger partial charge in [-0.3, -0.25) is 0 Å². The largest absolute Gasteiger partial charge is 1.00 e. The van der Waals surface area contributed by atoms with Crippen molar-refractivity contribution in [1.82, 2.24) is 4.98 Å². The van der Waals surface area contributed by atoms with Gasteiger partial charge in [-0.15, -0.1) is 0 Å². The van der Waals surface area contributed by atoms with Crippen molar-refractivity contribution in [3.63, 3.8) is 0 Å². The van der Waals surface area contributed by atoms with Crippen molar-refractivity contribution in [1.29, 1.82) is 0 Å². The van der Waals surface area contributed by atoms with Gasteiger partial charge in [-0.05, 0) is 24.3 Å². The molecule has 0 spiro atoms. The minimum Gasteiger partial charge on any atom is -1.00 e. The van der Waals surface area contributed by atoms with Crippen molar-refractivity contribution in [2.24, 2.45) is 0 Å². The van der Waals surface area contributed by atoms with E-state index in [0.717, 1.165) is 18.8 Å². The molecule has 2 aromatic carbocycles. The summed E-state index contributed by atoms with van der Waals surface area (Å²) in [4.78, 5) is 6.58. The number of hydrogen-bond acceptors (Lipinski definition) is 2. The SMILES string of the molecule is Clc1ccc(N2CC[n+]3c2c2ccccc2c2ccccc23)cn1.[Br-]. The molecular weight excluding hydrogens is 398 g/mol. The summed E-state index contributed by atoms with van der Waals surface area (Å²) in [7, 11) is 0. The number of aromatic nitrogens is 2. The highest BCUT2D eigenvalue weighted by atomic mass is 79.9. The second-order valence-electron chi connectivity index (χ2n) is 6.03. The van der Waals surface area contributed by atoms with E-state index in [2.05, 4.69) is 63.0 Å². The highest BCUT2D eigenvalue weighted by molar-refractivity contribution is 6.29. The summed E-state index contributed by atoms with van der Waals surface area (Å²) in [5.74, 6) is 1.23. The fraction of sp³-hybridized carbons (Fsp3) is 0.100. The molecule has 0 aliphatic carbocycles. The Hall–Kier alpha value is -2.17. The van der Waals surface area contributed by atoms with Crippen LogP contribution in [0.25, 0.3) is 21.7 Å². The van der Waals surface area contributed by atoms with Crippen LogP contribution < -0.4 is 26.4 Å². The summed E-state index contributed by atoms with van der Waals surface area (Å²) >= 11 is 5.96. The van der Waals surface area contributed by atoms with Gasteiger partial charge in [0.1, 0.15) is 29.4 Å². The van der Waals surface area contributed by atoms with Gasteiger partial charge in [-0.1, -0.05) is 48.0 Å². The van der Waals surface area contributed by atoms with Crippen molar-refractivity contribution < 1.29 is 21.5 Å². The van der Waals surface area contributed by atoms with Gasteiger partial charge < -0.3 is 17.0 Å². The first kappa shape index (κ1) is 16.3. The smallest absolute Gasteiger partial charge is 0.290 e. The van der Waals surface area contributed by atoms with Gasteiger partial charge in [-0.2, -0.15) is 0 Å². The lowest BCUT2D eigenvalue weighted by Gasteiger charge is -2.13. The Kier molecular flexibility index (Phi) is 4.10. The normalized spacial score (nSPS) is 13.1. The van der Waals surface area contributed by atoms with E-state index in [0.29, 0.717) is 5.15 Å². The number of anilines is 2. The van der Waals surface area contributed by atoms with Crippen molar-refractivity contribution >= 4 is 44.8 Å². The Bertz CT molecular complexity index is 1080. The molecule has 5 rings (SSSR count). The second-order valence-corrected chi connectivity index (χ2v) is 6.42. The third kappa shape index (κ3) is 2.48. The third-order valence-electron chi connectivity index (χ3n) is 4.73. The first-order valence-corrected chi connectivity index (χ1v) is 8.43. The summed E-state index contributed by atoms with van der Waals surface area (Å²) < 4.78 is 2.41. The highest BCUT2D eigenvalue weighted by Gasteiger charge is 2.33. The molecule has 0 bridgehead atoms. The highest BCUT2D eigenvalue weighted by Crippen LogP contribution is 2.35. The quantitative estimate of drug-likeness (QED) is 0.268. The number of hydrogen-bond donors (Lipinski definition) is 0. The van der Waals surface area contributed by atoms with Crippen LogP contribution >= 0.6 is 11.6 Å². The average Bonchev–Trinajstić information content (AvgIpc) is 3.08. The topological polar surface area (TPSA) is 20.0 Å². The molecule has 0 saturated heterocycles. The van der Waals surface area contributed by atoms with Crippen LogP contribution in [-0.2, 0) is 6.54 Å². The Morgan fingerprint density at radius 1 is 0.880 bits per heavy atom. The number of para-hydroxylation sites is 1. The maximum atomic E-state index is 5.96. The zero-order valence-corrected chi connectivity index (χ0v) is 15.7. The molecule has 0 atom stereocenters. The predicted molar refractivity (Wildman–Crippen MR) is 97.9 cm³/mol. The molecule has 0 saturated carbocycles. The number of nitrogens with zero attached hydrogens (tertiary/aromatic N) is 3. The molecule has 25 heavy (non-hydrogen) atoms.